The molecule has 1 amide bonds. The Morgan fingerprint density at radius 1 is 1.08 bits per heavy atom. The molecule has 1 fully saturated rings. The van der Waals surface area contributed by atoms with Gasteiger partial charge in [0.15, 0.2) is 0 Å². The third-order valence-corrected chi connectivity index (χ3v) is 4.11. The Labute approximate surface area is 142 Å². The summed E-state index contributed by atoms with van der Waals surface area (Å²) in [7, 11) is 0. The molecule has 1 aliphatic rings. The maximum absolute atomic E-state index is 13.3. The minimum absolute atomic E-state index is 0.0392. The summed E-state index contributed by atoms with van der Waals surface area (Å²) in [6, 6.07) is 6.34. The molecule has 132 valence electrons. The molecule has 2 N–H and O–H groups in total. The Kier molecular flexibility index (Phi) is 4.61. The van der Waals surface area contributed by atoms with E-state index in [1.54, 1.807) is 0 Å². The lowest BCUT2D eigenvalue weighted by Crippen LogP contribution is -2.32. The Balaban J connectivity index is 2.13. The van der Waals surface area contributed by atoms with Crippen LogP contribution in [0.15, 0.2) is 30.3 Å². The van der Waals surface area contributed by atoms with Gasteiger partial charge < -0.3 is 10.6 Å². The number of nitrogens with two attached hydrogens (primary N) is 1. The van der Waals surface area contributed by atoms with Crippen LogP contribution in [-0.2, 0) is 6.18 Å². The first-order valence-electron chi connectivity index (χ1n) is 7.96. The lowest BCUT2D eigenvalue weighted by Gasteiger charge is -2.27. The Hall–Kier alpha value is -2.64. The standard InChI is InChI=1S/C17H17F3N4O/c18-17(19,20)12-7-3-2-6-11(12)13-10-14(15(21)25)23-16(22-13)24-8-4-1-5-9-24/h2-3,6-7,10H,1,4-5,8-9H2,(H2,21,25). The largest absolute Gasteiger partial charge is 0.417 e. The van der Waals surface area contributed by atoms with Crippen molar-refractivity contribution in [2.24, 2.45) is 5.73 Å². The molecule has 5 nitrogen and oxygen atoms in total. The first kappa shape index (κ1) is 17.2. The average Bonchev–Trinajstić information content (AvgIpc) is 2.61. The van der Waals surface area contributed by atoms with Gasteiger partial charge in [0, 0.05) is 18.7 Å². The molecule has 0 bridgehead atoms. The minimum atomic E-state index is -4.53. The van der Waals surface area contributed by atoms with Gasteiger partial charge in [0.1, 0.15) is 5.69 Å². The molecule has 3 rings (SSSR count). The van der Waals surface area contributed by atoms with Crippen LogP contribution in [0.2, 0.25) is 0 Å². The molecule has 0 radical (unpaired) electrons. The van der Waals surface area contributed by atoms with Crippen LogP contribution in [0.1, 0.15) is 35.3 Å². The van der Waals surface area contributed by atoms with E-state index in [1.807, 2.05) is 4.90 Å². The first-order chi connectivity index (χ1) is 11.9. The molecule has 1 aliphatic heterocycles. The SMILES string of the molecule is NC(=O)c1cc(-c2ccccc2C(F)(F)F)nc(N2CCCCC2)n1. The number of hydrogen-bond donors (Lipinski definition) is 1. The second-order valence-corrected chi connectivity index (χ2v) is 5.89. The highest BCUT2D eigenvalue weighted by atomic mass is 19.4. The molecule has 0 aliphatic carbocycles. The quantitative estimate of drug-likeness (QED) is 0.922. The number of alkyl halides is 3. The van der Waals surface area contributed by atoms with Gasteiger partial charge in [-0.25, -0.2) is 9.97 Å². The van der Waals surface area contributed by atoms with Crippen molar-refractivity contribution < 1.29 is 18.0 Å². The van der Waals surface area contributed by atoms with Crippen LogP contribution < -0.4 is 10.6 Å². The number of piperidine rings is 1. The van der Waals surface area contributed by atoms with E-state index in [2.05, 4.69) is 9.97 Å². The molecule has 1 aromatic carbocycles. The summed E-state index contributed by atoms with van der Waals surface area (Å²) in [4.78, 5) is 21.9. The monoisotopic (exact) mass is 350 g/mol. The molecule has 0 spiro atoms. The predicted octanol–water partition coefficient (Wildman–Crippen LogP) is 3.25. The fraction of sp³-hybridized carbons (Fsp3) is 0.353. The zero-order valence-corrected chi connectivity index (χ0v) is 13.4. The van der Waals surface area contributed by atoms with Gasteiger partial charge in [-0.15, -0.1) is 0 Å². The van der Waals surface area contributed by atoms with E-state index in [1.165, 1.54) is 24.3 Å². The summed E-state index contributed by atoms with van der Waals surface area (Å²) in [5.74, 6) is -0.561. The van der Waals surface area contributed by atoms with Crippen molar-refractivity contribution in [3.8, 4) is 11.3 Å². The summed E-state index contributed by atoms with van der Waals surface area (Å²) >= 11 is 0. The van der Waals surface area contributed by atoms with Crippen molar-refractivity contribution in [1.29, 1.82) is 0 Å². The fourth-order valence-electron chi connectivity index (χ4n) is 2.89. The van der Waals surface area contributed by atoms with E-state index in [4.69, 9.17) is 5.73 Å². The molecule has 2 aromatic rings. The molecular formula is C17H17F3N4O. The van der Waals surface area contributed by atoms with Crippen LogP contribution in [-0.4, -0.2) is 29.0 Å². The molecule has 0 unspecified atom stereocenters. The summed E-state index contributed by atoms with van der Waals surface area (Å²) in [5, 5.41) is 0. The second kappa shape index (κ2) is 6.70. The molecule has 1 aromatic heterocycles. The van der Waals surface area contributed by atoms with E-state index in [0.717, 1.165) is 25.3 Å². The number of amides is 1. The number of hydrogen-bond acceptors (Lipinski definition) is 4. The number of carbonyl (C=O) groups excluding carboxylic acids is 1. The highest BCUT2D eigenvalue weighted by molar-refractivity contribution is 5.92. The molecular weight excluding hydrogens is 333 g/mol. The molecule has 0 atom stereocenters. The number of carbonyl (C=O) groups is 1. The number of halogens is 3. The minimum Gasteiger partial charge on any atom is -0.364 e. The lowest BCUT2D eigenvalue weighted by atomic mass is 10.0. The van der Waals surface area contributed by atoms with Crippen LogP contribution in [0.4, 0.5) is 19.1 Å². The summed E-state index contributed by atoms with van der Waals surface area (Å²) in [6.45, 7) is 1.39. The summed E-state index contributed by atoms with van der Waals surface area (Å²) in [6.07, 6.45) is -1.56. The first-order valence-corrected chi connectivity index (χ1v) is 7.96. The predicted molar refractivity (Wildman–Crippen MR) is 87.1 cm³/mol. The van der Waals surface area contributed by atoms with Crippen molar-refractivity contribution in [3.63, 3.8) is 0 Å². The maximum Gasteiger partial charge on any atom is 0.417 e. The Morgan fingerprint density at radius 2 is 1.76 bits per heavy atom. The smallest absolute Gasteiger partial charge is 0.364 e. The molecule has 0 saturated carbocycles. The Bertz CT molecular complexity index is 786. The summed E-state index contributed by atoms with van der Waals surface area (Å²) < 4.78 is 39.9. The Morgan fingerprint density at radius 3 is 2.40 bits per heavy atom. The van der Waals surface area contributed by atoms with E-state index >= 15 is 0 Å². The number of benzene rings is 1. The van der Waals surface area contributed by atoms with E-state index < -0.39 is 17.6 Å². The number of anilines is 1. The van der Waals surface area contributed by atoms with Gasteiger partial charge in [0.05, 0.1) is 11.3 Å². The number of rotatable bonds is 3. The second-order valence-electron chi connectivity index (χ2n) is 5.89. The number of primary amides is 1. The van der Waals surface area contributed by atoms with Crippen molar-refractivity contribution in [1.82, 2.24) is 9.97 Å². The fourth-order valence-corrected chi connectivity index (χ4v) is 2.89. The van der Waals surface area contributed by atoms with Crippen molar-refractivity contribution in [2.75, 3.05) is 18.0 Å². The van der Waals surface area contributed by atoms with Crippen molar-refractivity contribution in [3.05, 3.63) is 41.6 Å². The zero-order valence-electron chi connectivity index (χ0n) is 13.4. The van der Waals surface area contributed by atoms with Gasteiger partial charge in [-0.05, 0) is 31.4 Å². The summed E-state index contributed by atoms with van der Waals surface area (Å²) in [5.41, 5.74) is 4.35. The van der Waals surface area contributed by atoms with Gasteiger partial charge in [-0.1, -0.05) is 18.2 Å². The van der Waals surface area contributed by atoms with E-state index in [9.17, 15) is 18.0 Å². The molecule has 1 saturated heterocycles. The average molecular weight is 350 g/mol. The highest BCUT2D eigenvalue weighted by Gasteiger charge is 2.34. The van der Waals surface area contributed by atoms with Crippen LogP contribution in [0.25, 0.3) is 11.3 Å². The van der Waals surface area contributed by atoms with Crippen LogP contribution in [0.3, 0.4) is 0 Å². The van der Waals surface area contributed by atoms with Crippen LogP contribution in [0, 0.1) is 0 Å². The number of aromatic nitrogens is 2. The highest BCUT2D eigenvalue weighted by Crippen LogP contribution is 2.36. The normalized spacial score (nSPS) is 15.2. The van der Waals surface area contributed by atoms with Gasteiger partial charge in [-0.3, -0.25) is 4.79 Å². The molecule has 2 heterocycles. The van der Waals surface area contributed by atoms with Crippen molar-refractivity contribution >= 4 is 11.9 Å². The topological polar surface area (TPSA) is 72.1 Å². The van der Waals surface area contributed by atoms with Crippen LogP contribution in [0.5, 0.6) is 0 Å². The number of nitrogens with zero attached hydrogens (tertiary/aromatic N) is 3. The van der Waals surface area contributed by atoms with Crippen LogP contribution >= 0.6 is 0 Å². The van der Waals surface area contributed by atoms with E-state index in [0.29, 0.717) is 13.1 Å². The zero-order chi connectivity index (χ0) is 18.0. The third kappa shape index (κ3) is 3.72. The molecule has 25 heavy (non-hydrogen) atoms. The van der Waals surface area contributed by atoms with Gasteiger partial charge >= 0.3 is 6.18 Å². The maximum atomic E-state index is 13.3. The molecule has 8 heteroatoms. The third-order valence-electron chi connectivity index (χ3n) is 4.11. The lowest BCUT2D eigenvalue weighted by molar-refractivity contribution is -0.137. The van der Waals surface area contributed by atoms with Crippen molar-refractivity contribution in [2.45, 2.75) is 25.4 Å². The van der Waals surface area contributed by atoms with E-state index in [-0.39, 0.29) is 22.9 Å². The van der Waals surface area contributed by atoms with Gasteiger partial charge in [-0.2, -0.15) is 13.2 Å². The van der Waals surface area contributed by atoms with Gasteiger partial charge in [0.2, 0.25) is 5.95 Å². The van der Waals surface area contributed by atoms with Gasteiger partial charge in [0.25, 0.3) is 5.91 Å².